The Hall–Kier alpha value is -2.19. The summed E-state index contributed by atoms with van der Waals surface area (Å²) in [5, 5.41) is 13.2. The number of nitrogens with one attached hydrogen (secondary N) is 1. The van der Waals surface area contributed by atoms with Gasteiger partial charge in [0.15, 0.2) is 5.76 Å². The van der Waals surface area contributed by atoms with E-state index in [4.69, 9.17) is 10.2 Å². The predicted molar refractivity (Wildman–Crippen MR) is 75.3 cm³/mol. The summed E-state index contributed by atoms with van der Waals surface area (Å²) in [5.74, 6) is 0.160. The van der Waals surface area contributed by atoms with Crippen molar-refractivity contribution in [3.8, 4) is 0 Å². The van der Waals surface area contributed by atoms with Crippen molar-refractivity contribution in [2.24, 2.45) is 5.73 Å². The summed E-state index contributed by atoms with van der Waals surface area (Å²) < 4.78 is 5.62. The second kappa shape index (κ2) is 5.85. The van der Waals surface area contributed by atoms with E-state index in [1.54, 1.807) is 6.07 Å². The van der Waals surface area contributed by atoms with Crippen LogP contribution in [0.2, 0.25) is 0 Å². The molecule has 0 radical (unpaired) electrons. The first-order valence-electron chi connectivity index (χ1n) is 5.55. The van der Waals surface area contributed by atoms with E-state index in [2.05, 4.69) is 21.2 Å². The van der Waals surface area contributed by atoms with Crippen molar-refractivity contribution in [2.45, 2.75) is 6.54 Å². The van der Waals surface area contributed by atoms with Gasteiger partial charge in [-0.05, 0) is 34.1 Å². The van der Waals surface area contributed by atoms with Crippen LogP contribution in [0.25, 0.3) is 0 Å². The van der Waals surface area contributed by atoms with Gasteiger partial charge in [0, 0.05) is 16.6 Å². The first kappa shape index (κ1) is 14.2. The van der Waals surface area contributed by atoms with Crippen LogP contribution in [0.1, 0.15) is 16.3 Å². The number of nitrogens with two attached hydrogens (primary N) is 1. The van der Waals surface area contributed by atoms with Crippen LogP contribution in [0.15, 0.2) is 39.2 Å². The maximum atomic E-state index is 11.9. The molecule has 7 nitrogen and oxygen atoms in total. The molecule has 104 valence electrons. The topological polar surface area (TPSA) is 111 Å². The Balaban J connectivity index is 2.17. The normalized spacial score (nSPS) is 10.3. The SMILES string of the molecule is NCc1ccc(C(=O)Nc2ccc([N+](=O)[O-])cc2Br)o1. The third-order valence-electron chi connectivity index (χ3n) is 2.50. The number of rotatable bonds is 4. The minimum Gasteiger partial charge on any atom is -0.455 e. The average Bonchev–Trinajstić information content (AvgIpc) is 2.89. The summed E-state index contributed by atoms with van der Waals surface area (Å²) in [7, 11) is 0. The first-order valence-corrected chi connectivity index (χ1v) is 6.34. The van der Waals surface area contributed by atoms with Gasteiger partial charge in [0.25, 0.3) is 11.6 Å². The van der Waals surface area contributed by atoms with Crippen molar-refractivity contribution < 1.29 is 14.1 Å². The lowest BCUT2D eigenvalue weighted by Gasteiger charge is -2.05. The zero-order valence-electron chi connectivity index (χ0n) is 10.1. The summed E-state index contributed by atoms with van der Waals surface area (Å²) in [4.78, 5) is 22.0. The molecule has 0 atom stereocenters. The van der Waals surface area contributed by atoms with Gasteiger partial charge in [-0.25, -0.2) is 0 Å². The number of hydrogen-bond donors (Lipinski definition) is 2. The number of carbonyl (C=O) groups excluding carboxylic acids is 1. The van der Waals surface area contributed by atoms with E-state index in [9.17, 15) is 14.9 Å². The second-order valence-corrected chi connectivity index (χ2v) is 4.70. The number of halogens is 1. The summed E-state index contributed by atoms with van der Waals surface area (Å²) >= 11 is 3.17. The molecule has 1 heterocycles. The van der Waals surface area contributed by atoms with Gasteiger partial charge in [0.1, 0.15) is 5.76 Å². The molecule has 0 aliphatic heterocycles. The van der Waals surface area contributed by atoms with Crippen molar-refractivity contribution in [3.63, 3.8) is 0 Å². The Morgan fingerprint density at radius 3 is 2.70 bits per heavy atom. The fourth-order valence-electron chi connectivity index (χ4n) is 1.51. The van der Waals surface area contributed by atoms with Gasteiger partial charge in [0.05, 0.1) is 17.2 Å². The maximum absolute atomic E-state index is 11.9. The molecule has 0 spiro atoms. The van der Waals surface area contributed by atoms with Crippen molar-refractivity contribution >= 4 is 33.2 Å². The van der Waals surface area contributed by atoms with E-state index in [0.29, 0.717) is 15.9 Å². The van der Waals surface area contributed by atoms with E-state index in [1.807, 2.05) is 0 Å². The molecule has 1 amide bonds. The molecule has 2 aromatic rings. The molecule has 0 fully saturated rings. The Morgan fingerprint density at radius 1 is 1.40 bits per heavy atom. The Morgan fingerprint density at radius 2 is 2.15 bits per heavy atom. The molecule has 8 heteroatoms. The number of hydrogen-bond acceptors (Lipinski definition) is 5. The van der Waals surface area contributed by atoms with Crippen LogP contribution in [0.3, 0.4) is 0 Å². The molecule has 1 aromatic heterocycles. The highest BCUT2D eigenvalue weighted by molar-refractivity contribution is 9.10. The highest BCUT2D eigenvalue weighted by atomic mass is 79.9. The fraction of sp³-hybridized carbons (Fsp3) is 0.0833. The van der Waals surface area contributed by atoms with Crippen LogP contribution in [0.4, 0.5) is 11.4 Å². The lowest BCUT2D eigenvalue weighted by atomic mass is 10.3. The van der Waals surface area contributed by atoms with Gasteiger partial charge in [0.2, 0.25) is 0 Å². The quantitative estimate of drug-likeness (QED) is 0.656. The van der Waals surface area contributed by atoms with Crippen LogP contribution in [0.5, 0.6) is 0 Å². The van der Waals surface area contributed by atoms with Gasteiger partial charge < -0.3 is 15.5 Å². The predicted octanol–water partition coefficient (Wildman–Crippen LogP) is 2.66. The van der Waals surface area contributed by atoms with E-state index in [-0.39, 0.29) is 18.0 Å². The molecular formula is C12H10BrN3O4. The van der Waals surface area contributed by atoms with Crippen LogP contribution < -0.4 is 11.1 Å². The van der Waals surface area contributed by atoms with Crippen LogP contribution in [-0.4, -0.2) is 10.8 Å². The van der Waals surface area contributed by atoms with Gasteiger partial charge in [-0.1, -0.05) is 0 Å². The van der Waals surface area contributed by atoms with E-state index in [0.717, 1.165) is 0 Å². The highest BCUT2D eigenvalue weighted by Gasteiger charge is 2.14. The number of carbonyl (C=O) groups is 1. The number of furan rings is 1. The second-order valence-electron chi connectivity index (χ2n) is 3.85. The van der Waals surface area contributed by atoms with Gasteiger partial charge in [-0.2, -0.15) is 0 Å². The maximum Gasteiger partial charge on any atom is 0.291 e. The molecule has 0 saturated carbocycles. The van der Waals surface area contributed by atoms with Gasteiger partial charge >= 0.3 is 0 Å². The van der Waals surface area contributed by atoms with Crippen molar-refractivity contribution in [1.29, 1.82) is 0 Å². The van der Waals surface area contributed by atoms with Gasteiger partial charge in [-0.3, -0.25) is 14.9 Å². The number of amides is 1. The summed E-state index contributed by atoms with van der Waals surface area (Å²) in [6.07, 6.45) is 0. The molecule has 0 unspecified atom stereocenters. The first-order chi connectivity index (χ1) is 9.51. The van der Waals surface area contributed by atoms with Crippen molar-refractivity contribution in [1.82, 2.24) is 0 Å². The Kier molecular flexibility index (Phi) is 4.16. The summed E-state index contributed by atoms with van der Waals surface area (Å²) in [6.45, 7) is 0.203. The molecule has 1 aromatic carbocycles. The zero-order valence-corrected chi connectivity index (χ0v) is 11.7. The summed E-state index contributed by atoms with van der Waals surface area (Å²) in [5.41, 5.74) is 5.73. The van der Waals surface area contributed by atoms with Gasteiger partial charge in [-0.15, -0.1) is 0 Å². The minimum absolute atomic E-state index is 0.0710. The molecule has 0 aliphatic rings. The lowest BCUT2D eigenvalue weighted by molar-refractivity contribution is -0.384. The number of nitro groups is 1. The molecular weight excluding hydrogens is 330 g/mol. The number of nitro benzene ring substituents is 1. The van der Waals surface area contributed by atoms with E-state index >= 15 is 0 Å². The van der Waals surface area contributed by atoms with Crippen LogP contribution in [-0.2, 0) is 6.54 Å². The lowest BCUT2D eigenvalue weighted by Crippen LogP contribution is -2.11. The molecule has 0 saturated heterocycles. The van der Waals surface area contributed by atoms with Crippen LogP contribution in [0, 0.1) is 10.1 Å². The molecule has 20 heavy (non-hydrogen) atoms. The zero-order chi connectivity index (χ0) is 14.7. The minimum atomic E-state index is -0.517. The van der Waals surface area contributed by atoms with Crippen molar-refractivity contribution in [2.75, 3.05) is 5.32 Å². The molecule has 2 rings (SSSR count). The number of non-ortho nitro benzene ring substituents is 1. The Labute approximate surface area is 122 Å². The highest BCUT2D eigenvalue weighted by Crippen LogP contribution is 2.27. The van der Waals surface area contributed by atoms with Crippen LogP contribution >= 0.6 is 15.9 Å². The largest absolute Gasteiger partial charge is 0.455 e. The number of benzene rings is 1. The van der Waals surface area contributed by atoms with Crippen molar-refractivity contribution in [3.05, 3.63) is 56.4 Å². The fourth-order valence-corrected chi connectivity index (χ4v) is 1.98. The third kappa shape index (κ3) is 3.03. The number of anilines is 1. The average molecular weight is 340 g/mol. The molecule has 0 bridgehead atoms. The standard InChI is InChI=1S/C12H10BrN3O4/c13-9-5-7(16(18)19)1-3-10(9)15-12(17)11-4-2-8(6-14)20-11/h1-5H,6,14H2,(H,15,17). The van der Waals surface area contributed by atoms with E-state index < -0.39 is 10.8 Å². The third-order valence-corrected chi connectivity index (χ3v) is 3.15. The van der Waals surface area contributed by atoms with E-state index in [1.165, 1.54) is 24.3 Å². The smallest absolute Gasteiger partial charge is 0.291 e. The molecule has 3 N–H and O–H groups in total. The monoisotopic (exact) mass is 339 g/mol. The number of nitrogens with zero attached hydrogens (tertiary/aromatic N) is 1. The Bertz CT molecular complexity index is 668. The molecule has 0 aliphatic carbocycles. The summed E-state index contributed by atoms with van der Waals surface area (Å²) in [6, 6.07) is 7.17.